The van der Waals surface area contributed by atoms with Gasteiger partial charge < -0.3 is 24.8 Å². The molecule has 0 spiro atoms. The van der Waals surface area contributed by atoms with Crippen LogP contribution in [0, 0.1) is 11.3 Å². The lowest BCUT2D eigenvalue weighted by Crippen LogP contribution is -2.59. The van der Waals surface area contributed by atoms with Crippen LogP contribution >= 0.6 is 22.9 Å². The van der Waals surface area contributed by atoms with Gasteiger partial charge in [-0.05, 0) is 79.0 Å². The Morgan fingerprint density at radius 1 is 1.32 bits per heavy atom. The number of aromatic nitrogens is 3. The van der Waals surface area contributed by atoms with Gasteiger partial charge in [0.15, 0.2) is 23.2 Å². The summed E-state index contributed by atoms with van der Waals surface area (Å²) in [6.45, 7) is 12.7. The Kier molecular flexibility index (Phi) is 8.97. The fourth-order valence-corrected chi connectivity index (χ4v) is 9.06. The van der Waals surface area contributed by atoms with Crippen LogP contribution < -0.4 is 15.4 Å². The van der Waals surface area contributed by atoms with Crippen molar-refractivity contribution in [3.05, 3.63) is 45.3 Å². The molecule has 1 amide bonds. The number of amides is 1. The molecule has 2 saturated heterocycles. The lowest BCUT2D eigenvalue weighted by atomic mass is 9.71. The smallest absolute Gasteiger partial charge is 0.282 e. The molecular weight excluding hydrogens is 643 g/mol. The Bertz CT molecular complexity index is 1740. The van der Waals surface area contributed by atoms with Crippen molar-refractivity contribution >= 4 is 39.7 Å². The van der Waals surface area contributed by atoms with Crippen molar-refractivity contribution in [2.24, 2.45) is 0 Å². The SMILES string of the molecule is C=C(F)C(=O)N1[C@@H](C)CN(c2nc(-c3cc([C@@]4(C)CCCc5sc(N)c(C#N)c54)on3)nc(O[C@@H](C)[C@@H]3CCCN3C)c2Cl)C[C@@H]1C. The molecule has 2 fully saturated rings. The molecule has 2 aliphatic heterocycles. The average Bonchev–Trinajstić information content (AvgIpc) is 3.76. The van der Waals surface area contributed by atoms with Crippen molar-refractivity contribution in [3.8, 4) is 23.5 Å². The minimum absolute atomic E-state index is 0.197. The molecule has 5 heterocycles. The number of likely N-dealkylation sites (N-methyl/N-ethyl adjacent to an activating group) is 1. The van der Waals surface area contributed by atoms with Gasteiger partial charge in [0.05, 0.1) is 11.0 Å². The first-order chi connectivity index (χ1) is 22.3. The van der Waals surface area contributed by atoms with Crippen LogP contribution in [0.5, 0.6) is 5.88 Å². The molecule has 6 rings (SSSR count). The number of halogens is 2. The van der Waals surface area contributed by atoms with Crippen LogP contribution in [-0.4, -0.2) is 81.7 Å². The van der Waals surface area contributed by atoms with E-state index >= 15 is 0 Å². The van der Waals surface area contributed by atoms with Gasteiger partial charge in [-0.1, -0.05) is 23.3 Å². The highest BCUT2D eigenvalue weighted by molar-refractivity contribution is 7.16. The maximum Gasteiger partial charge on any atom is 0.282 e. The van der Waals surface area contributed by atoms with Crippen LogP contribution in [-0.2, 0) is 16.6 Å². The number of hydrogen-bond acceptors (Lipinski definition) is 11. The molecule has 0 aromatic carbocycles. The van der Waals surface area contributed by atoms with E-state index in [1.165, 1.54) is 16.2 Å². The highest BCUT2D eigenvalue weighted by Crippen LogP contribution is 2.49. The first-order valence-corrected chi connectivity index (χ1v) is 17.2. The maximum absolute atomic E-state index is 13.9. The summed E-state index contributed by atoms with van der Waals surface area (Å²) in [4.78, 5) is 29.1. The van der Waals surface area contributed by atoms with Gasteiger partial charge in [0.2, 0.25) is 5.88 Å². The van der Waals surface area contributed by atoms with Crippen LogP contribution in [0.15, 0.2) is 23.0 Å². The topological polar surface area (TPSA) is 138 Å². The zero-order valence-corrected chi connectivity index (χ0v) is 28.9. The number of fused-ring (bicyclic) bond motifs is 1. The van der Waals surface area contributed by atoms with E-state index in [-0.39, 0.29) is 41.0 Å². The van der Waals surface area contributed by atoms with Crippen LogP contribution in [0.3, 0.4) is 0 Å². The number of rotatable bonds is 7. The standard InChI is InChI=1S/C33H40ClFN8O3S/c1-17-15-42(16-18(2)43(17)32(44)19(3)35)30-27(34)31(45-20(4)23-9-8-12-41(23)6)39-29(38-30)22-13-25(46-40-22)33(5)11-7-10-24-26(33)21(14-36)28(37)47-24/h13,17-18,20,23H,3,7-12,15-16,37H2,1-2,4-6H3/t17-,18-,20-,23-,33+/m0/s1. The summed E-state index contributed by atoms with van der Waals surface area (Å²) >= 11 is 8.49. The second-order valence-electron chi connectivity index (χ2n) is 13.2. The number of anilines is 2. The summed E-state index contributed by atoms with van der Waals surface area (Å²) in [7, 11) is 2.08. The summed E-state index contributed by atoms with van der Waals surface area (Å²) in [5.74, 6) is -0.206. The molecule has 14 heteroatoms. The molecule has 1 aliphatic carbocycles. The molecule has 3 aliphatic rings. The first-order valence-electron chi connectivity index (χ1n) is 16.0. The van der Waals surface area contributed by atoms with Crippen molar-refractivity contribution in [2.75, 3.05) is 37.3 Å². The van der Waals surface area contributed by atoms with Crippen molar-refractivity contribution < 1.29 is 18.4 Å². The van der Waals surface area contributed by atoms with Gasteiger partial charge in [0.1, 0.15) is 28.0 Å². The number of nitrogens with zero attached hydrogens (tertiary/aromatic N) is 7. The number of nitrogens with two attached hydrogens (primary N) is 1. The minimum Gasteiger partial charge on any atom is -0.472 e. The highest BCUT2D eigenvalue weighted by atomic mass is 35.5. The fraction of sp³-hybridized carbons (Fsp3) is 0.545. The summed E-state index contributed by atoms with van der Waals surface area (Å²) < 4.78 is 26.3. The molecule has 0 bridgehead atoms. The highest BCUT2D eigenvalue weighted by Gasteiger charge is 2.42. The van der Waals surface area contributed by atoms with Crippen LogP contribution in [0.25, 0.3) is 11.5 Å². The van der Waals surface area contributed by atoms with Gasteiger partial charge in [0.25, 0.3) is 5.91 Å². The predicted molar refractivity (Wildman–Crippen MR) is 179 cm³/mol. The van der Waals surface area contributed by atoms with Crippen LogP contribution in [0.2, 0.25) is 5.02 Å². The van der Waals surface area contributed by atoms with E-state index in [1.54, 1.807) is 0 Å². The number of carbonyl (C=O) groups excluding carboxylic acids is 1. The number of likely N-dealkylation sites (tertiary alicyclic amines) is 1. The molecule has 2 N–H and O–H groups in total. The van der Waals surface area contributed by atoms with E-state index in [9.17, 15) is 14.4 Å². The molecule has 11 nitrogen and oxygen atoms in total. The van der Waals surface area contributed by atoms with E-state index in [2.05, 4.69) is 36.7 Å². The van der Waals surface area contributed by atoms with Gasteiger partial charge in [0, 0.05) is 42.2 Å². The van der Waals surface area contributed by atoms with E-state index in [4.69, 9.17) is 36.6 Å². The van der Waals surface area contributed by atoms with Crippen LogP contribution in [0.4, 0.5) is 15.2 Å². The summed E-state index contributed by atoms with van der Waals surface area (Å²) in [5.41, 5.74) is 7.43. The minimum atomic E-state index is -0.992. The molecule has 47 heavy (non-hydrogen) atoms. The Hall–Kier alpha value is -3.73. The zero-order chi connectivity index (χ0) is 33.8. The Labute approximate surface area is 283 Å². The molecule has 3 aromatic heterocycles. The third kappa shape index (κ3) is 5.85. The van der Waals surface area contributed by atoms with Gasteiger partial charge >= 0.3 is 0 Å². The number of piperazine rings is 1. The van der Waals surface area contributed by atoms with Gasteiger partial charge in [-0.3, -0.25) is 9.69 Å². The van der Waals surface area contributed by atoms with Crippen molar-refractivity contribution in [1.29, 1.82) is 5.26 Å². The Morgan fingerprint density at radius 3 is 2.68 bits per heavy atom. The second-order valence-corrected chi connectivity index (χ2v) is 14.8. The summed E-state index contributed by atoms with van der Waals surface area (Å²) in [5, 5.41) is 15.1. The third-order valence-electron chi connectivity index (χ3n) is 9.94. The number of carbonyl (C=O) groups is 1. The first kappa shape index (κ1) is 33.2. The largest absolute Gasteiger partial charge is 0.472 e. The average molecular weight is 683 g/mol. The summed E-state index contributed by atoms with van der Waals surface area (Å²) in [6, 6.07) is 3.62. The molecule has 3 aromatic rings. The number of hydrogen-bond donors (Lipinski definition) is 1. The van der Waals surface area contributed by atoms with E-state index in [1.807, 2.05) is 31.7 Å². The van der Waals surface area contributed by atoms with E-state index < -0.39 is 17.1 Å². The van der Waals surface area contributed by atoms with Crippen LogP contribution in [0.1, 0.15) is 75.1 Å². The fourth-order valence-electron chi connectivity index (χ4n) is 7.62. The number of aryl methyl sites for hydroxylation is 1. The van der Waals surface area contributed by atoms with Crippen molar-refractivity contribution in [3.63, 3.8) is 0 Å². The monoisotopic (exact) mass is 682 g/mol. The van der Waals surface area contributed by atoms with Crippen molar-refractivity contribution in [1.82, 2.24) is 24.9 Å². The molecule has 0 saturated carbocycles. The van der Waals surface area contributed by atoms with Gasteiger partial charge in [-0.2, -0.15) is 10.2 Å². The lowest BCUT2D eigenvalue weighted by molar-refractivity contribution is -0.133. The molecule has 0 radical (unpaired) electrons. The number of ether oxygens (including phenoxy) is 1. The molecule has 250 valence electrons. The Morgan fingerprint density at radius 2 is 2.04 bits per heavy atom. The van der Waals surface area contributed by atoms with Gasteiger partial charge in [-0.25, -0.2) is 9.37 Å². The predicted octanol–water partition coefficient (Wildman–Crippen LogP) is 5.71. The number of nitriles is 1. The zero-order valence-electron chi connectivity index (χ0n) is 27.3. The molecular formula is C33H40ClFN8O3S. The van der Waals surface area contributed by atoms with Crippen molar-refractivity contribution in [2.45, 2.75) is 89.4 Å². The lowest BCUT2D eigenvalue weighted by Gasteiger charge is -2.44. The molecule has 5 atom stereocenters. The van der Waals surface area contributed by atoms with Gasteiger partial charge in [-0.15, -0.1) is 11.3 Å². The maximum atomic E-state index is 13.9. The number of thiophene rings is 1. The second kappa shape index (κ2) is 12.7. The Balaban J connectivity index is 1.40. The third-order valence-corrected chi connectivity index (χ3v) is 11.3. The molecule has 0 unspecified atom stereocenters. The van der Waals surface area contributed by atoms with E-state index in [0.29, 0.717) is 40.9 Å². The quantitative estimate of drug-likeness (QED) is 0.308. The van der Waals surface area contributed by atoms with E-state index in [0.717, 1.165) is 49.1 Å². The number of nitrogen functional groups attached to an aromatic ring is 1. The summed E-state index contributed by atoms with van der Waals surface area (Å²) in [6.07, 6.45) is 4.40. The normalized spacial score (nSPS) is 25.4.